The molecule has 3 heterocycles. The lowest BCUT2D eigenvalue weighted by Gasteiger charge is -2.18. The van der Waals surface area contributed by atoms with Gasteiger partial charge < -0.3 is 10.6 Å². The number of carbonyl (C=O) groups excluding carboxylic acids is 1. The van der Waals surface area contributed by atoms with Crippen LogP contribution >= 0.6 is 11.3 Å². The van der Waals surface area contributed by atoms with E-state index in [4.69, 9.17) is 5.73 Å². The van der Waals surface area contributed by atoms with E-state index in [2.05, 4.69) is 10.1 Å². The number of nitrogens with two attached hydrogens (primary N) is 1. The maximum atomic E-state index is 12.5. The smallest absolute Gasteiger partial charge is 0.255 e. The van der Waals surface area contributed by atoms with E-state index in [9.17, 15) is 4.79 Å². The standard InChI is InChI=1S/C16H19N5OS/c1-4-20(5-2)16(22)11-8-12(17)15-18-14(19-21(15)9-11)13-7-6-10(3)23-13/h6-9H,4-5,17H2,1-3H3. The van der Waals surface area contributed by atoms with Crippen LogP contribution in [-0.2, 0) is 0 Å². The van der Waals surface area contributed by atoms with Gasteiger partial charge in [0.25, 0.3) is 5.91 Å². The first kappa shape index (κ1) is 15.5. The monoisotopic (exact) mass is 329 g/mol. The average Bonchev–Trinajstić information content (AvgIpc) is 3.14. The molecule has 2 N–H and O–H groups in total. The van der Waals surface area contributed by atoms with Gasteiger partial charge in [-0.15, -0.1) is 16.4 Å². The number of thiophene rings is 1. The molecule has 0 saturated carbocycles. The molecule has 0 aromatic carbocycles. The zero-order valence-electron chi connectivity index (χ0n) is 13.4. The van der Waals surface area contributed by atoms with Crippen molar-refractivity contribution in [3.8, 4) is 10.7 Å². The molecule has 0 atom stereocenters. The van der Waals surface area contributed by atoms with Crippen molar-refractivity contribution in [3.05, 3.63) is 34.8 Å². The number of pyridine rings is 1. The van der Waals surface area contributed by atoms with Crippen LogP contribution < -0.4 is 5.73 Å². The second kappa shape index (κ2) is 6.00. The molecule has 120 valence electrons. The van der Waals surface area contributed by atoms with Gasteiger partial charge in [0.15, 0.2) is 11.5 Å². The molecular weight excluding hydrogens is 310 g/mol. The zero-order valence-corrected chi connectivity index (χ0v) is 14.2. The Hall–Kier alpha value is -2.41. The van der Waals surface area contributed by atoms with E-state index in [-0.39, 0.29) is 5.91 Å². The Bertz CT molecular complexity index is 863. The minimum Gasteiger partial charge on any atom is -0.396 e. The quantitative estimate of drug-likeness (QED) is 0.798. The summed E-state index contributed by atoms with van der Waals surface area (Å²) in [6.45, 7) is 7.26. The predicted molar refractivity (Wildman–Crippen MR) is 92.7 cm³/mol. The molecule has 0 fully saturated rings. The van der Waals surface area contributed by atoms with Crippen molar-refractivity contribution in [1.29, 1.82) is 0 Å². The minimum absolute atomic E-state index is 0.0485. The molecule has 1 amide bonds. The number of anilines is 1. The van der Waals surface area contributed by atoms with Gasteiger partial charge in [-0.3, -0.25) is 4.79 Å². The van der Waals surface area contributed by atoms with Gasteiger partial charge in [0.2, 0.25) is 0 Å². The topological polar surface area (TPSA) is 76.5 Å². The van der Waals surface area contributed by atoms with E-state index in [0.29, 0.717) is 35.8 Å². The van der Waals surface area contributed by atoms with E-state index >= 15 is 0 Å². The first-order valence-electron chi connectivity index (χ1n) is 7.55. The van der Waals surface area contributed by atoms with Crippen molar-refractivity contribution in [2.24, 2.45) is 0 Å². The molecule has 6 nitrogen and oxygen atoms in total. The summed E-state index contributed by atoms with van der Waals surface area (Å²) in [6.07, 6.45) is 1.70. The van der Waals surface area contributed by atoms with Gasteiger partial charge in [0.1, 0.15) is 0 Å². The Morgan fingerprint density at radius 3 is 2.70 bits per heavy atom. The molecule has 3 aromatic heterocycles. The lowest BCUT2D eigenvalue weighted by molar-refractivity contribution is 0.0772. The van der Waals surface area contributed by atoms with Crippen LogP contribution in [-0.4, -0.2) is 38.5 Å². The molecule has 3 aromatic rings. The van der Waals surface area contributed by atoms with Gasteiger partial charge in [0, 0.05) is 24.2 Å². The number of fused-ring (bicyclic) bond motifs is 1. The van der Waals surface area contributed by atoms with Crippen LogP contribution in [0.15, 0.2) is 24.4 Å². The third-order valence-electron chi connectivity index (χ3n) is 3.72. The van der Waals surface area contributed by atoms with Crippen molar-refractivity contribution in [1.82, 2.24) is 19.5 Å². The number of rotatable bonds is 4. The summed E-state index contributed by atoms with van der Waals surface area (Å²) in [5.74, 6) is 0.579. The Kier molecular flexibility index (Phi) is 4.04. The molecule has 0 spiro atoms. The van der Waals surface area contributed by atoms with Crippen LogP contribution in [0.25, 0.3) is 16.3 Å². The summed E-state index contributed by atoms with van der Waals surface area (Å²) >= 11 is 1.63. The summed E-state index contributed by atoms with van der Waals surface area (Å²) in [7, 11) is 0. The number of nitrogen functional groups attached to an aromatic ring is 1. The molecule has 0 aliphatic rings. The van der Waals surface area contributed by atoms with Crippen LogP contribution in [0.1, 0.15) is 29.1 Å². The van der Waals surface area contributed by atoms with Crippen molar-refractivity contribution >= 4 is 28.6 Å². The van der Waals surface area contributed by atoms with Gasteiger partial charge in [0.05, 0.1) is 16.1 Å². The van der Waals surface area contributed by atoms with Gasteiger partial charge in [-0.25, -0.2) is 9.50 Å². The number of nitrogens with zero attached hydrogens (tertiary/aromatic N) is 4. The van der Waals surface area contributed by atoms with Gasteiger partial charge in [-0.1, -0.05) is 0 Å². The number of hydrogen-bond acceptors (Lipinski definition) is 5. The summed E-state index contributed by atoms with van der Waals surface area (Å²) < 4.78 is 1.59. The predicted octanol–water partition coefficient (Wildman–Crippen LogP) is 2.83. The first-order valence-corrected chi connectivity index (χ1v) is 8.37. The average molecular weight is 329 g/mol. The fourth-order valence-electron chi connectivity index (χ4n) is 2.48. The van der Waals surface area contributed by atoms with E-state index in [1.165, 1.54) is 4.88 Å². The Balaban J connectivity index is 2.06. The highest BCUT2D eigenvalue weighted by Crippen LogP contribution is 2.26. The normalized spacial score (nSPS) is 11.1. The lowest BCUT2D eigenvalue weighted by atomic mass is 10.2. The lowest BCUT2D eigenvalue weighted by Crippen LogP contribution is -2.30. The van der Waals surface area contributed by atoms with Crippen molar-refractivity contribution in [3.63, 3.8) is 0 Å². The fourth-order valence-corrected chi connectivity index (χ4v) is 3.28. The molecule has 0 bridgehead atoms. The summed E-state index contributed by atoms with van der Waals surface area (Å²) in [4.78, 5) is 20.9. The second-order valence-corrected chi connectivity index (χ2v) is 6.56. The summed E-state index contributed by atoms with van der Waals surface area (Å²) in [5.41, 5.74) is 7.63. The number of carbonyl (C=O) groups is 1. The van der Waals surface area contributed by atoms with Crippen molar-refractivity contribution in [2.45, 2.75) is 20.8 Å². The number of aromatic nitrogens is 3. The molecule has 3 rings (SSSR count). The summed E-state index contributed by atoms with van der Waals surface area (Å²) in [5, 5.41) is 4.48. The fraction of sp³-hybridized carbons (Fsp3) is 0.312. The van der Waals surface area contributed by atoms with E-state index < -0.39 is 0 Å². The molecule has 0 radical (unpaired) electrons. The summed E-state index contributed by atoms with van der Waals surface area (Å²) in [6, 6.07) is 5.70. The van der Waals surface area contributed by atoms with Crippen molar-refractivity contribution in [2.75, 3.05) is 18.8 Å². The molecule has 0 aliphatic carbocycles. The highest BCUT2D eigenvalue weighted by molar-refractivity contribution is 7.15. The SMILES string of the molecule is CCN(CC)C(=O)c1cc(N)c2nc(-c3ccc(C)s3)nn2c1. The maximum Gasteiger partial charge on any atom is 0.255 e. The van der Waals surface area contributed by atoms with Crippen LogP contribution in [0, 0.1) is 6.92 Å². The van der Waals surface area contributed by atoms with Crippen LogP contribution in [0.2, 0.25) is 0 Å². The van der Waals surface area contributed by atoms with Crippen LogP contribution in [0.3, 0.4) is 0 Å². The third-order valence-corrected chi connectivity index (χ3v) is 4.72. The second-order valence-electron chi connectivity index (χ2n) is 5.28. The van der Waals surface area contributed by atoms with Crippen LogP contribution in [0.5, 0.6) is 0 Å². The van der Waals surface area contributed by atoms with E-state index in [1.54, 1.807) is 33.0 Å². The van der Waals surface area contributed by atoms with E-state index in [1.807, 2.05) is 32.9 Å². The minimum atomic E-state index is -0.0485. The largest absolute Gasteiger partial charge is 0.396 e. The highest BCUT2D eigenvalue weighted by Gasteiger charge is 2.17. The van der Waals surface area contributed by atoms with Crippen molar-refractivity contribution < 1.29 is 4.79 Å². The molecule has 0 unspecified atom stereocenters. The van der Waals surface area contributed by atoms with Gasteiger partial charge >= 0.3 is 0 Å². The third kappa shape index (κ3) is 2.79. The molecular formula is C16H19N5OS. The van der Waals surface area contributed by atoms with Crippen LogP contribution in [0.4, 0.5) is 5.69 Å². The number of amides is 1. The Morgan fingerprint density at radius 2 is 2.09 bits per heavy atom. The van der Waals surface area contributed by atoms with Gasteiger partial charge in [-0.2, -0.15) is 0 Å². The zero-order chi connectivity index (χ0) is 16.6. The Morgan fingerprint density at radius 1 is 1.35 bits per heavy atom. The molecule has 0 aliphatic heterocycles. The first-order chi connectivity index (χ1) is 11.0. The van der Waals surface area contributed by atoms with E-state index in [0.717, 1.165) is 4.88 Å². The Labute approximate surface area is 138 Å². The molecule has 0 saturated heterocycles. The molecule has 23 heavy (non-hydrogen) atoms. The van der Waals surface area contributed by atoms with Gasteiger partial charge in [-0.05, 0) is 39.0 Å². The number of aryl methyl sites for hydroxylation is 1. The highest BCUT2D eigenvalue weighted by atomic mass is 32.1. The molecule has 7 heteroatoms. The number of hydrogen-bond donors (Lipinski definition) is 1. The maximum absolute atomic E-state index is 12.5.